The molecular formula is C28H56O11. The molecule has 0 rings (SSSR count). The van der Waals surface area contributed by atoms with Gasteiger partial charge >= 0.3 is 5.97 Å². The number of hydrogen-bond donors (Lipinski definition) is 0. The molecule has 0 atom stereocenters. The summed E-state index contributed by atoms with van der Waals surface area (Å²) in [5.74, 6) is -0.246. The Morgan fingerprint density at radius 2 is 0.692 bits per heavy atom. The minimum atomic E-state index is -0.246. The lowest BCUT2D eigenvalue weighted by Gasteiger charge is -2.09. The van der Waals surface area contributed by atoms with Gasteiger partial charge in [-0.1, -0.05) is 32.6 Å². The first-order valence-electron chi connectivity index (χ1n) is 14.7. The number of rotatable bonds is 34. The van der Waals surface area contributed by atoms with Gasteiger partial charge in [-0.2, -0.15) is 0 Å². The summed E-state index contributed by atoms with van der Waals surface area (Å²) in [6, 6.07) is 0. The minimum Gasteiger partial charge on any atom is -0.466 e. The summed E-state index contributed by atoms with van der Waals surface area (Å²) in [4.78, 5) is 11.1. The highest BCUT2D eigenvalue weighted by molar-refractivity contribution is 5.69. The predicted octanol–water partition coefficient (Wildman–Crippen LogP) is 3.06. The highest BCUT2D eigenvalue weighted by Gasteiger charge is 2.01. The number of ether oxygens (including phenoxy) is 10. The van der Waals surface area contributed by atoms with Crippen molar-refractivity contribution in [2.24, 2.45) is 0 Å². The van der Waals surface area contributed by atoms with Crippen molar-refractivity contribution >= 4 is 5.97 Å². The van der Waals surface area contributed by atoms with Crippen LogP contribution in [0.4, 0.5) is 0 Å². The molecule has 0 aromatic carbocycles. The van der Waals surface area contributed by atoms with E-state index >= 15 is 0 Å². The van der Waals surface area contributed by atoms with Crippen LogP contribution in [0, 0.1) is 0 Å². The van der Waals surface area contributed by atoms with Crippen LogP contribution in [-0.4, -0.2) is 132 Å². The molecule has 0 bridgehead atoms. The van der Waals surface area contributed by atoms with Crippen molar-refractivity contribution in [2.45, 2.75) is 52.4 Å². The Bertz CT molecular complexity index is 469. The van der Waals surface area contributed by atoms with Crippen molar-refractivity contribution in [3.63, 3.8) is 0 Å². The molecular weight excluding hydrogens is 512 g/mol. The zero-order valence-corrected chi connectivity index (χ0v) is 24.7. The van der Waals surface area contributed by atoms with Crippen LogP contribution >= 0.6 is 0 Å². The Hall–Kier alpha value is -0.890. The normalized spacial score (nSPS) is 11.3. The lowest BCUT2D eigenvalue weighted by Crippen LogP contribution is -2.15. The first kappa shape index (κ1) is 38.1. The summed E-state index contributed by atoms with van der Waals surface area (Å²) >= 11 is 0. The molecule has 234 valence electrons. The molecule has 39 heavy (non-hydrogen) atoms. The molecule has 0 aromatic heterocycles. The molecule has 0 aliphatic rings. The fourth-order valence-electron chi connectivity index (χ4n) is 3.06. The molecule has 0 aromatic rings. The second-order valence-corrected chi connectivity index (χ2v) is 8.48. The SMILES string of the molecule is CCCCCCCOCCOCCOCCOCCOCCOCCOCCOCCOCCC(=O)OCC. The maximum absolute atomic E-state index is 11.1. The van der Waals surface area contributed by atoms with E-state index in [-0.39, 0.29) is 12.4 Å². The maximum Gasteiger partial charge on any atom is 0.308 e. The standard InChI is InChI=1S/C28H56O11/c1-3-5-6-7-8-10-30-12-14-32-16-18-34-20-22-36-24-26-38-27-25-37-23-21-35-19-17-33-15-13-31-11-9-28(29)39-4-2/h3-27H2,1-2H3. The number of esters is 1. The maximum atomic E-state index is 11.1. The van der Waals surface area contributed by atoms with E-state index in [4.69, 9.17) is 47.4 Å². The molecule has 0 unspecified atom stereocenters. The molecule has 0 radical (unpaired) electrons. The molecule has 0 heterocycles. The van der Waals surface area contributed by atoms with E-state index < -0.39 is 0 Å². The Balaban J connectivity index is 3.04. The van der Waals surface area contributed by atoms with Gasteiger partial charge < -0.3 is 47.4 Å². The fraction of sp³-hybridized carbons (Fsp3) is 0.964. The van der Waals surface area contributed by atoms with E-state index in [1.807, 2.05) is 0 Å². The average Bonchev–Trinajstić information content (AvgIpc) is 2.94. The van der Waals surface area contributed by atoms with Gasteiger partial charge in [-0.3, -0.25) is 4.79 Å². The van der Waals surface area contributed by atoms with Crippen molar-refractivity contribution in [2.75, 3.05) is 126 Å². The van der Waals surface area contributed by atoms with Gasteiger partial charge in [-0.05, 0) is 13.3 Å². The second kappa shape index (κ2) is 35.1. The summed E-state index contributed by atoms with van der Waals surface area (Å²) in [6.07, 6.45) is 6.54. The quantitative estimate of drug-likeness (QED) is 0.0844. The number of carbonyl (C=O) groups excluding carboxylic acids is 1. The van der Waals surface area contributed by atoms with Crippen molar-refractivity contribution < 1.29 is 52.2 Å². The summed E-state index contributed by atoms with van der Waals surface area (Å²) in [7, 11) is 0. The van der Waals surface area contributed by atoms with Crippen molar-refractivity contribution in [3.8, 4) is 0 Å². The Morgan fingerprint density at radius 3 is 1.03 bits per heavy atom. The van der Waals surface area contributed by atoms with Crippen LogP contribution < -0.4 is 0 Å². The largest absolute Gasteiger partial charge is 0.466 e. The molecule has 0 amide bonds. The van der Waals surface area contributed by atoms with Crippen LogP contribution in [0.15, 0.2) is 0 Å². The minimum absolute atomic E-state index is 0.246. The van der Waals surface area contributed by atoms with Crippen LogP contribution in [0.5, 0.6) is 0 Å². The number of hydrogen-bond acceptors (Lipinski definition) is 11. The zero-order valence-electron chi connectivity index (χ0n) is 24.7. The van der Waals surface area contributed by atoms with E-state index in [1.54, 1.807) is 6.92 Å². The number of unbranched alkanes of at least 4 members (excludes halogenated alkanes) is 4. The first-order valence-corrected chi connectivity index (χ1v) is 14.7. The molecule has 0 aliphatic carbocycles. The Kier molecular flexibility index (Phi) is 34.3. The van der Waals surface area contributed by atoms with Gasteiger partial charge in [0, 0.05) is 6.61 Å². The third-order valence-electron chi connectivity index (χ3n) is 5.12. The lowest BCUT2D eigenvalue weighted by molar-refractivity contribution is -0.144. The van der Waals surface area contributed by atoms with Gasteiger partial charge in [-0.15, -0.1) is 0 Å². The van der Waals surface area contributed by atoms with Crippen LogP contribution in [0.2, 0.25) is 0 Å². The average molecular weight is 569 g/mol. The second-order valence-electron chi connectivity index (χ2n) is 8.48. The molecule has 11 nitrogen and oxygen atoms in total. The van der Waals surface area contributed by atoms with E-state index in [0.717, 1.165) is 13.0 Å². The number of carbonyl (C=O) groups is 1. The molecule has 11 heteroatoms. The van der Waals surface area contributed by atoms with Crippen LogP contribution in [0.3, 0.4) is 0 Å². The van der Waals surface area contributed by atoms with Gasteiger partial charge in [0.05, 0.1) is 125 Å². The van der Waals surface area contributed by atoms with Crippen LogP contribution in [0.1, 0.15) is 52.4 Å². The van der Waals surface area contributed by atoms with Crippen LogP contribution in [-0.2, 0) is 52.2 Å². The third kappa shape index (κ3) is 35.1. The third-order valence-corrected chi connectivity index (χ3v) is 5.12. The Morgan fingerprint density at radius 1 is 0.385 bits per heavy atom. The summed E-state index contributed by atoms with van der Waals surface area (Å²) < 4.78 is 53.8. The van der Waals surface area contributed by atoms with Gasteiger partial charge in [0.15, 0.2) is 0 Å². The van der Waals surface area contributed by atoms with E-state index in [0.29, 0.717) is 119 Å². The van der Waals surface area contributed by atoms with E-state index in [1.165, 1.54) is 25.7 Å². The molecule has 0 fully saturated rings. The molecule has 0 aliphatic heterocycles. The van der Waals surface area contributed by atoms with Crippen molar-refractivity contribution in [1.82, 2.24) is 0 Å². The van der Waals surface area contributed by atoms with Crippen molar-refractivity contribution in [1.29, 1.82) is 0 Å². The van der Waals surface area contributed by atoms with E-state index in [2.05, 4.69) is 6.92 Å². The highest BCUT2D eigenvalue weighted by atomic mass is 16.6. The van der Waals surface area contributed by atoms with Gasteiger partial charge in [0.25, 0.3) is 0 Å². The van der Waals surface area contributed by atoms with Gasteiger partial charge in [0.1, 0.15) is 0 Å². The van der Waals surface area contributed by atoms with Crippen LogP contribution in [0.25, 0.3) is 0 Å². The molecule has 0 spiro atoms. The summed E-state index contributed by atoms with van der Waals surface area (Å²) in [6.45, 7) is 13.9. The lowest BCUT2D eigenvalue weighted by atomic mass is 10.2. The predicted molar refractivity (Wildman–Crippen MR) is 147 cm³/mol. The van der Waals surface area contributed by atoms with Gasteiger partial charge in [-0.25, -0.2) is 0 Å². The molecule has 0 saturated heterocycles. The van der Waals surface area contributed by atoms with Gasteiger partial charge in [0.2, 0.25) is 0 Å². The smallest absolute Gasteiger partial charge is 0.308 e. The molecule has 0 saturated carbocycles. The zero-order chi connectivity index (χ0) is 28.3. The summed E-state index contributed by atoms with van der Waals surface area (Å²) in [5.41, 5.74) is 0. The molecule has 0 N–H and O–H groups in total. The first-order chi connectivity index (χ1) is 19.3. The van der Waals surface area contributed by atoms with E-state index in [9.17, 15) is 4.79 Å². The Labute approximate surface area is 236 Å². The monoisotopic (exact) mass is 568 g/mol. The fourth-order valence-corrected chi connectivity index (χ4v) is 3.06. The topological polar surface area (TPSA) is 109 Å². The summed E-state index contributed by atoms with van der Waals surface area (Å²) in [5, 5.41) is 0. The van der Waals surface area contributed by atoms with Crippen molar-refractivity contribution in [3.05, 3.63) is 0 Å². The highest BCUT2D eigenvalue weighted by Crippen LogP contribution is 2.02.